The molecule has 1 aliphatic rings. The van der Waals surface area contributed by atoms with Crippen molar-refractivity contribution in [1.29, 1.82) is 0 Å². The molecule has 1 unspecified atom stereocenters. The molecular weight excluding hydrogens is 273 g/mol. The number of ether oxygens (including phenoxy) is 1. The maximum atomic E-state index is 13.4. The van der Waals surface area contributed by atoms with Crippen LogP contribution in [0, 0.1) is 17.7 Å². The molecule has 1 fully saturated rings. The van der Waals surface area contributed by atoms with Gasteiger partial charge in [-0.25, -0.2) is 4.39 Å². The van der Waals surface area contributed by atoms with Crippen molar-refractivity contribution in [2.45, 2.75) is 19.1 Å². The van der Waals surface area contributed by atoms with Crippen LogP contribution in [0.3, 0.4) is 0 Å². The van der Waals surface area contributed by atoms with Gasteiger partial charge in [0, 0.05) is 31.6 Å². The fraction of sp³-hybridized carbons (Fsp3) is 0.500. The van der Waals surface area contributed by atoms with E-state index in [1.54, 1.807) is 6.07 Å². The highest BCUT2D eigenvalue weighted by atomic mass is 19.1. The Kier molecular flexibility index (Phi) is 6.15. The summed E-state index contributed by atoms with van der Waals surface area (Å²) < 4.78 is 18.8. The van der Waals surface area contributed by atoms with Crippen LogP contribution in [0.1, 0.15) is 17.5 Å². The smallest absolute Gasteiger partial charge is 0.124 e. The average Bonchev–Trinajstić information content (AvgIpc) is 2.50. The van der Waals surface area contributed by atoms with E-state index in [0.29, 0.717) is 31.7 Å². The van der Waals surface area contributed by atoms with Crippen molar-refractivity contribution in [3.8, 4) is 11.8 Å². The highest BCUT2D eigenvalue weighted by Gasteiger charge is 2.20. The van der Waals surface area contributed by atoms with Gasteiger partial charge in [-0.2, -0.15) is 0 Å². The molecule has 0 aromatic heterocycles. The standard InChI is InChI=1S/C16H20FNO3/c17-15-5-4-14(13(9-15)3-1-2-7-19)10-18-6-8-21-16(11-18)12-20/h4-5,9,16,19-20H,2,6-8,10-12H2. The number of halogens is 1. The summed E-state index contributed by atoms with van der Waals surface area (Å²) >= 11 is 0. The Balaban J connectivity index is 2.10. The lowest BCUT2D eigenvalue weighted by atomic mass is 10.1. The molecule has 2 N–H and O–H groups in total. The van der Waals surface area contributed by atoms with Gasteiger partial charge in [-0.3, -0.25) is 4.90 Å². The summed E-state index contributed by atoms with van der Waals surface area (Å²) in [7, 11) is 0. The third-order valence-electron chi connectivity index (χ3n) is 3.35. The van der Waals surface area contributed by atoms with E-state index in [1.807, 2.05) is 0 Å². The second-order valence-electron chi connectivity index (χ2n) is 4.99. The van der Waals surface area contributed by atoms with E-state index in [0.717, 1.165) is 12.1 Å². The Morgan fingerprint density at radius 2 is 2.24 bits per heavy atom. The predicted molar refractivity (Wildman–Crippen MR) is 77.1 cm³/mol. The molecule has 1 atom stereocenters. The Labute approximate surface area is 124 Å². The first-order chi connectivity index (χ1) is 10.2. The molecule has 0 radical (unpaired) electrons. The van der Waals surface area contributed by atoms with Crippen molar-refractivity contribution in [3.63, 3.8) is 0 Å². The van der Waals surface area contributed by atoms with Crippen molar-refractivity contribution in [3.05, 3.63) is 35.1 Å². The highest BCUT2D eigenvalue weighted by Crippen LogP contribution is 2.15. The maximum absolute atomic E-state index is 13.4. The second-order valence-corrected chi connectivity index (χ2v) is 4.99. The molecule has 0 amide bonds. The lowest BCUT2D eigenvalue weighted by molar-refractivity contribution is -0.0551. The number of morpholine rings is 1. The topological polar surface area (TPSA) is 52.9 Å². The lowest BCUT2D eigenvalue weighted by Gasteiger charge is -2.32. The van der Waals surface area contributed by atoms with Crippen molar-refractivity contribution in [1.82, 2.24) is 4.90 Å². The van der Waals surface area contributed by atoms with Gasteiger partial charge in [-0.1, -0.05) is 17.9 Å². The van der Waals surface area contributed by atoms with Gasteiger partial charge in [0.1, 0.15) is 5.82 Å². The van der Waals surface area contributed by atoms with Crippen molar-refractivity contribution < 1.29 is 19.3 Å². The zero-order valence-electron chi connectivity index (χ0n) is 11.9. The van der Waals surface area contributed by atoms with Crippen LogP contribution in [0.5, 0.6) is 0 Å². The normalized spacial score (nSPS) is 19.1. The van der Waals surface area contributed by atoms with Gasteiger partial charge in [0.2, 0.25) is 0 Å². The van der Waals surface area contributed by atoms with Crippen LogP contribution >= 0.6 is 0 Å². The van der Waals surface area contributed by atoms with E-state index in [4.69, 9.17) is 14.9 Å². The fourth-order valence-electron chi connectivity index (χ4n) is 2.29. The van der Waals surface area contributed by atoms with E-state index in [2.05, 4.69) is 16.7 Å². The largest absolute Gasteiger partial charge is 0.395 e. The summed E-state index contributed by atoms with van der Waals surface area (Å²) in [5, 5.41) is 17.9. The second kappa shape index (κ2) is 8.11. The molecule has 0 bridgehead atoms. The number of hydrogen-bond donors (Lipinski definition) is 2. The Bertz CT molecular complexity index is 524. The molecule has 0 aliphatic carbocycles. The predicted octanol–water partition coefficient (Wildman–Crippen LogP) is 0.753. The van der Waals surface area contributed by atoms with Crippen LogP contribution < -0.4 is 0 Å². The number of nitrogens with zero attached hydrogens (tertiary/aromatic N) is 1. The quantitative estimate of drug-likeness (QED) is 0.805. The Morgan fingerprint density at radius 1 is 1.38 bits per heavy atom. The molecule has 1 heterocycles. The van der Waals surface area contributed by atoms with E-state index in [-0.39, 0.29) is 25.1 Å². The number of aliphatic hydroxyl groups is 2. The molecule has 1 aliphatic heterocycles. The number of rotatable bonds is 4. The molecule has 21 heavy (non-hydrogen) atoms. The summed E-state index contributed by atoms with van der Waals surface area (Å²) in [6.45, 7) is 2.65. The van der Waals surface area contributed by atoms with Gasteiger partial charge < -0.3 is 14.9 Å². The molecule has 1 saturated heterocycles. The van der Waals surface area contributed by atoms with Crippen LogP contribution in [-0.2, 0) is 11.3 Å². The lowest BCUT2D eigenvalue weighted by Crippen LogP contribution is -2.43. The maximum Gasteiger partial charge on any atom is 0.124 e. The van der Waals surface area contributed by atoms with Crippen LogP contribution in [0.15, 0.2) is 18.2 Å². The van der Waals surface area contributed by atoms with Crippen LogP contribution in [0.2, 0.25) is 0 Å². The van der Waals surface area contributed by atoms with Gasteiger partial charge in [-0.05, 0) is 17.7 Å². The third-order valence-corrected chi connectivity index (χ3v) is 3.35. The van der Waals surface area contributed by atoms with E-state index in [1.165, 1.54) is 12.1 Å². The van der Waals surface area contributed by atoms with E-state index < -0.39 is 0 Å². The summed E-state index contributed by atoms with van der Waals surface area (Å²) in [4.78, 5) is 2.16. The number of hydrogen-bond acceptors (Lipinski definition) is 4. The van der Waals surface area contributed by atoms with Crippen molar-refractivity contribution >= 4 is 0 Å². The number of benzene rings is 1. The third kappa shape index (κ3) is 4.80. The summed E-state index contributed by atoms with van der Waals surface area (Å²) in [6, 6.07) is 4.59. The minimum atomic E-state index is -0.317. The Morgan fingerprint density at radius 3 is 3.00 bits per heavy atom. The minimum Gasteiger partial charge on any atom is -0.395 e. The van der Waals surface area contributed by atoms with Gasteiger partial charge in [-0.15, -0.1) is 0 Å². The summed E-state index contributed by atoms with van der Waals surface area (Å²) in [5.41, 5.74) is 1.59. The molecule has 0 spiro atoms. The van der Waals surface area contributed by atoms with E-state index >= 15 is 0 Å². The van der Waals surface area contributed by atoms with E-state index in [9.17, 15) is 4.39 Å². The first-order valence-corrected chi connectivity index (χ1v) is 7.06. The molecule has 114 valence electrons. The highest BCUT2D eigenvalue weighted by molar-refractivity contribution is 5.41. The molecule has 1 aromatic carbocycles. The average molecular weight is 293 g/mol. The van der Waals surface area contributed by atoms with Gasteiger partial charge in [0.15, 0.2) is 0 Å². The zero-order valence-corrected chi connectivity index (χ0v) is 11.9. The SMILES string of the molecule is OCCC#Cc1cc(F)ccc1CN1CCOC(CO)C1. The summed E-state index contributed by atoms with van der Waals surface area (Å²) in [5.74, 6) is 5.42. The zero-order chi connectivity index (χ0) is 15.1. The molecule has 5 heteroatoms. The molecule has 2 rings (SSSR count). The monoisotopic (exact) mass is 293 g/mol. The molecular formula is C16H20FNO3. The molecule has 1 aromatic rings. The van der Waals surface area contributed by atoms with Gasteiger partial charge in [0.05, 0.1) is 25.9 Å². The van der Waals surface area contributed by atoms with Crippen LogP contribution in [0.25, 0.3) is 0 Å². The van der Waals surface area contributed by atoms with Gasteiger partial charge in [0.25, 0.3) is 0 Å². The molecule has 0 saturated carbocycles. The van der Waals surface area contributed by atoms with Crippen molar-refractivity contribution in [2.75, 3.05) is 32.9 Å². The minimum absolute atomic E-state index is 0.000701. The fourth-order valence-corrected chi connectivity index (χ4v) is 2.29. The van der Waals surface area contributed by atoms with Crippen LogP contribution in [-0.4, -0.2) is 54.1 Å². The summed E-state index contributed by atoms with van der Waals surface area (Å²) in [6.07, 6.45) is 0.211. The Hall–Kier alpha value is -1.45. The first-order valence-electron chi connectivity index (χ1n) is 7.06. The molecule has 4 nitrogen and oxygen atoms in total. The van der Waals surface area contributed by atoms with Gasteiger partial charge >= 0.3 is 0 Å². The van der Waals surface area contributed by atoms with Crippen molar-refractivity contribution in [2.24, 2.45) is 0 Å². The first kappa shape index (κ1) is 15.9. The van der Waals surface area contributed by atoms with Crippen LogP contribution in [0.4, 0.5) is 4.39 Å². The number of aliphatic hydroxyl groups excluding tert-OH is 2.